The first-order valence-corrected chi connectivity index (χ1v) is 8.24. The quantitative estimate of drug-likeness (QED) is 0.616. The molecule has 5 rings (SSSR count). The molecule has 0 radical (unpaired) electrons. The first kappa shape index (κ1) is 13.7. The van der Waals surface area contributed by atoms with E-state index < -0.39 is 0 Å². The lowest BCUT2D eigenvalue weighted by Crippen LogP contribution is -2.44. The van der Waals surface area contributed by atoms with Gasteiger partial charge in [0, 0.05) is 25.2 Å². The van der Waals surface area contributed by atoms with Crippen LogP contribution in [0.25, 0.3) is 22.0 Å². The minimum atomic E-state index is -0.187. The maximum Gasteiger partial charge on any atom is 0.272 e. The van der Waals surface area contributed by atoms with Gasteiger partial charge < -0.3 is 4.74 Å². The van der Waals surface area contributed by atoms with Crippen LogP contribution in [-0.4, -0.2) is 28.2 Å². The number of hydrogen-bond acceptors (Lipinski definition) is 4. The van der Waals surface area contributed by atoms with Crippen molar-refractivity contribution in [2.45, 2.75) is 13.5 Å². The minimum absolute atomic E-state index is 0.187. The van der Waals surface area contributed by atoms with E-state index in [-0.39, 0.29) is 5.56 Å². The molecular weight excluding hydrogens is 302 g/mol. The second-order valence-electron chi connectivity index (χ2n) is 6.81. The van der Waals surface area contributed by atoms with Gasteiger partial charge in [-0.25, -0.2) is 5.10 Å². The van der Waals surface area contributed by atoms with E-state index in [4.69, 9.17) is 4.74 Å². The average molecular weight is 319 g/mol. The number of nitrogens with zero attached hydrogens (tertiary/aromatic N) is 2. The Morgan fingerprint density at radius 1 is 1.25 bits per heavy atom. The van der Waals surface area contributed by atoms with E-state index in [0.29, 0.717) is 11.1 Å². The van der Waals surface area contributed by atoms with Crippen LogP contribution >= 0.6 is 0 Å². The van der Waals surface area contributed by atoms with E-state index >= 15 is 0 Å². The van der Waals surface area contributed by atoms with Gasteiger partial charge in [0.05, 0.1) is 10.8 Å². The Morgan fingerprint density at radius 3 is 2.96 bits per heavy atom. The van der Waals surface area contributed by atoms with E-state index in [1.54, 1.807) is 0 Å². The SMILES string of the molecule is CC1CN(Cc2ccc3c(c2)-c2n[nH]c(=O)c4cccc(c24)O3)C1. The summed E-state index contributed by atoms with van der Waals surface area (Å²) in [6.07, 6.45) is 0. The Bertz CT molecular complexity index is 1020. The van der Waals surface area contributed by atoms with E-state index in [0.717, 1.165) is 47.9 Å². The molecule has 120 valence electrons. The number of fused-ring (bicyclic) bond motifs is 2. The highest BCUT2D eigenvalue weighted by molar-refractivity contribution is 6.01. The van der Waals surface area contributed by atoms with Gasteiger partial charge in [0.15, 0.2) is 0 Å². The third-order valence-electron chi connectivity index (χ3n) is 4.84. The Balaban J connectivity index is 1.64. The lowest BCUT2D eigenvalue weighted by atomic mass is 9.97. The summed E-state index contributed by atoms with van der Waals surface area (Å²) >= 11 is 0. The molecule has 24 heavy (non-hydrogen) atoms. The van der Waals surface area contributed by atoms with Gasteiger partial charge in [-0.2, -0.15) is 5.10 Å². The van der Waals surface area contributed by atoms with Crippen LogP contribution in [0.15, 0.2) is 41.2 Å². The van der Waals surface area contributed by atoms with E-state index in [1.807, 2.05) is 24.3 Å². The average Bonchev–Trinajstić information content (AvgIpc) is 2.56. The Kier molecular flexibility index (Phi) is 2.82. The predicted molar refractivity (Wildman–Crippen MR) is 92.3 cm³/mol. The highest BCUT2D eigenvalue weighted by Crippen LogP contribution is 2.44. The largest absolute Gasteiger partial charge is 0.456 e. The molecule has 3 heterocycles. The van der Waals surface area contributed by atoms with Gasteiger partial charge in [-0.1, -0.05) is 19.1 Å². The molecule has 0 unspecified atom stereocenters. The molecule has 2 aromatic carbocycles. The Labute approximate surface area is 138 Å². The number of benzene rings is 2. The van der Waals surface area contributed by atoms with Crippen LogP contribution in [-0.2, 0) is 6.54 Å². The number of nitrogens with one attached hydrogen (secondary N) is 1. The zero-order valence-corrected chi connectivity index (χ0v) is 13.4. The zero-order chi connectivity index (χ0) is 16.3. The number of aromatic amines is 1. The van der Waals surface area contributed by atoms with Crippen molar-refractivity contribution in [1.82, 2.24) is 15.1 Å². The van der Waals surface area contributed by atoms with Crippen LogP contribution < -0.4 is 10.3 Å². The lowest BCUT2D eigenvalue weighted by molar-refractivity contribution is 0.105. The first-order chi connectivity index (χ1) is 11.7. The second-order valence-corrected chi connectivity index (χ2v) is 6.81. The summed E-state index contributed by atoms with van der Waals surface area (Å²) in [5.74, 6) is 2.27. The Morgan fingerprint density at radius 2 is 2.12 bits per heavy atom. The molecular formula is C19H17N3O2. The fraction of sp³-hybridized carbons (Fsp3) is 0.263. The van der Waals surface area contributed by atoms with Crippen LogP contribution in [0, 0.1) is 5.92 Å². The number of H-pyrrole nitrogens is 1. The summed E-state index contributed by atoms with van der Waals surface area (Å²) in [7, 11) is 0. The van der Waals surface area contributed by atoms with Gasteiger partial charge in [0.2, 0.25) is 0 Å². The van der Waals surface area contributed by atoms with Gasteiger partial charge in [0.25, 0.3) is 5.56 Å². The van der Waals surface area contributed by atoms with Crippen molar-refractivity contribution in [3.63, 3.8) is 0 Å². The molecule has 0 atom stereocenters. The smallest absolute Gasteiger partial charge is 0.272 e. The van der Waals surface area contributed by atoms with Crippen molar-refractivity contribution in [3.8, 4) is 22.8 Å². The molecule has 1 fully saturated rings. The molecule has 0 amide bonds. The third kappa shape index (κ3) is 1.98. The summed E-state index contributed by atoms with van der Waals surface area (Å²) < 4.78 is 6.02. The summed E-state index contributed by atoms with van der Waals surface area (Å²) in [6, 6.07) is 11.8. The first-order valence-electron chi connectivity index (χ1n) is 8.24. The number of rotatable bonds is 2. The van der Waals surface area contributed by atoms with Gasteiger partial charge >= 0.3 is 0 Å². The number of aromatic nitrogens is 2. The van der Waals surface area contributed by atoms with Crippen LogP contribution in [0.3, 0.4) is 0 Å². The van der Waals surface area contributed by atoms with Crippen molar-refractivity contribution in [2.75, 3.05) is 13.1 Å². The monoisotopic (exact) mass is 319 g/mol. The van der Waals surface area contributed by atoms with E-state index in [1.165, 1.54) is 5.56 Å². The summed E-state index contributed by atoms with van der Waals surface area (Å²) in [4.78, 5) is 14.5. The predicted octanol–water partition coefficient (Wildman–Crippen LogP) is 3.15. The molecule has 0 aliphatic carbocycles. The minimum Gasteiger partial charge on any atom is -0.456 e. The molecule has 1 saturated heterocycles. The van der Waals surface area contributed by atoms with Gasteiger partial charge in [-0.15, -0.1) is 0 Å². The fourth-order valence-electron chi connectivity index (χ4n) is 3.75. The summed E-state index contributed by atoms with van der Waals surface area (Å²) in [5, 5.41) is 8.34. The third-order valence-corrected chi connectivity index (χ3v) is 4.84. The number of likely N-dealkylation sites (tertiary alicyclic amines) is 1. The Hall–Kier alpha value is -2.66. The second kappa shape index (κ2) is 4.92. The van der Waals surface area contributed by atoms with Crippen LogP contribution in [0.1, 0.15) is 12.5 Å². The maximum atomic E-state index is 12.0. The van der Waals surface area contributed by atoms with Gasteiger partial charge in [-0.05, 0) is 35.7 Å². The van der Waals surface area contributed by atoms with Crippen molar-refractivity contribution in [3.05, 3.63) is 52.3 Å². The molecule has 0 bridgehead atoms. The molecule has 1 N–H and O–H groups in total. The molecule has 1 aromatic heterocycles. The van der Waals surface area contributed by atoms with Gasteiger partial charge in [-0.3, -0.25) is 9.69 Å². The number of ether oxygens (including phenoxy) is 1. The molecule has 3 aromatic rings. The fourth-order valence-corrected chi connectivity index (χ4v) is 3.75. The molecule has 2 aliphatic rings. The topological polar surface area (TPSA) is 58.2 Å². The highest BCUT2D eigenvalue weighted by Gasteiger charge is 2.25. The number of hydrogen-bond donors (Lipinski definition) is 1. The van der Waals surface area contributed by atoms with Gasteiger partial charge in [0.1, 0.15) is 17.2 Å². The van der Waals surface area contributed by atoms with Crippen molar-refractivity contribution in [1.29, 1.82) is 0 Å². The van der Waals surface area contributed by atoms with Crippen LogP contribution in [0.2, 0.25) is 0 Å². The van der Waals surface area contributed by atoms with Crippen LogP contribution in [0.5, 0.6) is 11.5 Å². The van der Waals surface area contributed by atoms with Crippen molar-refractivity contribution in [2.24, 2.45) is 5.92 Å². The van der Waals surface area contributed by atoms with Crippen LogP contribution in [0.4, 0.5) is 0 Å². The van der Waals surface area contributed by atoms with Crippen molar-refractivity contribution < 1.29 is 4.74 Å². The summed E-state index contributed by atoms with van der Waals surface area (Å²) in [6.45, 7) is 5.51. The maximum absolute atomic E-state index is 12.0. The molecule has 5 nitrogen and oxygen atoms in total. The zero-order valence-electron chi connectivity index (χ0n) is 13.4. The normalized spacial score (nSPS) is 16.5. The van der Waals surface area contributed by atoms with E-state index in [9.17, 15) is 4.79 Å². The molecule has 5 heteroatoms. The standard InChI is InChI=1S/C19H17N3O2/c1-11-8-22(9-11)10-12-5-6-15-14(7-12)18-17-13(19(23)21-20-18)3-2-4-16(17)24-15/h2-7,11H,8-10H2,1H3,(H,21,23). The van der Waals surface area contributed by atoms with Crippen molar-refractivity contribution >= 4 is 10.8 Å². The van der Waals surface area contributed by atoms with E-state index in [2.05, 4.69) is 34.2 Å². The molecule has 0 spiro atoms. The highest BCUT2D eigenvalue weighted by atomic mass is 16.5. The molecule has 2 aliphatic heterocycles. The lowest BCUT2D eigenvalue weighted by Gasteiger charge is -2.37. The molecule has 0 saturated carbocycles. The summed E-state index contributed by atoms with van der Waals surface area (Å²) in [5.41, 5.74) is 2.79.